The summed E-state index contributed by atoms with van der Waals surface area (Å²) in [6.07, 6.45) is 4.64. The maximum Gasteiger partial charge on any atom is 0.186 e. The van der Waals surface area contributed by atoms with Crippen molar-refractivity contribution in [3.8, 4) is 5.75 Å². The molecule has 3 aliphatic carbocycles. The van der Waals surface area contributed by atoms with Gasteiger partial charge in [0.25, 0.3) is 0 Å². The minimum atomic E-state index is -0.348. The molecule has 2 aromatic carbocycles. The van der Waals surface area contributed by atoms with Crippen molar-refractivity contribution < 1.29 is 14.7 Å². The molecule has 0 spiro atoms. The lowest BCUT2D eigenvalue weighted by Crippen LogP contribution is -2.42. The van der Waals surface area contributed by atoms with Gasteiger partial charge in [-0.1, -0.05) is 48.5 Å². The first-order valence-corrected chi connectivity index (χ1v) is 10.7. The van der Waals surface area contributed by atoms with Gasteiger partial charge in [-0.05, 0) is 72.3 Å². The van der Waals surface area contributed by atoms with E-state index in [0.29, 0.717) is 36.5 Å². The normalized spacial score (nSPS) is 31.8. The molecule has 0 aromatic heterocycles. The molecule has 1 N–H and O–H groups in total. The number of ketones is 1. The molecule has 0 aliphatic heterocycles. The Morgan fingerprint density at radius 3 is 2.79 bits per heavy atom. The van der Waals surface area contributed by atoms with E-state index < -0.39 is 0 Å². The molecule has 150 valence electrons. The standard InChI is InChI=1S/C25H27NO3/c1-25-12-11-20-19-10-8-18(29-15-16-5-3-2-4-6-16)13-17(19)7-9-21(20)22(25)14-23(26-28)24(25)27/h2-6,8,10,13,20-22,28H,7,9,11-12,14-15H2,1H3/b26-23+/t20-,21-,22+,25-/m1/s1. The Hall–Kier alpha value is -2.62. The van der Waals surface area contributed by atoms with Gasteiger partial charge >= 0.3 is 0 Å². The molecule has 2 saturated carbocycles. The summed E-state index contributed by atoms with van der Waals surface area (Å²) in [6.45, 7) is 2.67. The Balaban J connectivity index is 1.36. The lowest BCUT2D eigenvalue weighted by molar-refractivity contribution is -0.125. The first kappa shape index (κ1) is 18.4. The van der Waals surface area contributed by atoms with Gasteiger partial charge in [-0.15, -0.1) is 0 Å². The van der Waals surface area contributed by atoms with Crippen molar-refractivity contribution in [3.05, 3.63) is 65.2 Å². The van der Waals surface area contributed by atoms with Crippen LogP contribution in [0.15, 0.2) is 53.7 Å². The molecule has 4 nitrogen and oxygen atoms in total. The van der Waals surface area contributed by atoms with Crippen LogP contribution in [0.3, 0.4) is 0 Å². The van der Waals surface area contributed by atoms with Gasteiger partial charge in [0, 0.05) is 11.8 Å². The van der Waals surface area contributed by atoms with Crippen LogP contribution in [0.4, 0.5) is 0 Å². The summed E-state index contributed by atoms with van der Waals surface area (Å²) < 4.78 is 6.03. The van der Waals surface area contributed by atoms with Gasteiger partial charge in [0.05, 0.1) is 0 Å². The predicted molar refractivity (Wildman–Crippen MR) is 111 cm³/mol. The minimum Gasteiger partial charge on any atom is -0.489 e. The Kier molecular flexibility index (Phi) is 4.45. The number of benzene rings is 2. The maximum atomic E-state index is 12.7. The zero-order valence-corrected chi connectivity index (χ0v) is 16.8. The van der Waals surface area contributed by atoms with Crippen molar-refractivity contribution in [3.63, 3.8) is 0 Å². The second kappa shape index (κ2) is 7.01. The van der Waals surface area contributed by atoms with Gasteiger partial charge in [-0.3, -0.25) is 4.79 Å². The fourth-order valence-corrected chi connectivity index (χ4v) is 6.08. The summed E-state index contributed by atoms with van der Waals surface area (Å²) in [4.78, 5) is 12.7. The molecule has 4 heteroatoms. The van der Waals surface area contributed by atoms with Crippen LogP contribution in [0.25, 0.3) is 0 Å². The lowest BCUT2D eigenvalue weighted by Gasteiger charge is -2.47. The van der Waals surface area contributed by atoms with Crippen LogP contribution in [0.1, 0.15) is 55.2 Å². The van der Waals surface area contributed by atoms with Crippen LogP contribution >= 0.6 is 0 Å². The van der Waals surface area contributed by atoms with Gasteiger partial charge in [0.1, 0.15) is 18.1 Å². The van der Waals surface area contributed by atoms with E-state index in [0.717, 1.165) is 31.4 Å². The number of rotatable bonds is 3. The third kappa shape index (κ3) is 2.97. The fourth-order valence-electron chi connectivity index (χ4n) is 6.08. The zero-order chi connectivity index (χ0) is 20.0. The van der Waals surface area contributed by atoms with Crippen molar-refractivity contribution in [2.45, 2.75) is 51.6 Å². The van der Waals surface area contributed by atoms with Crippen LogP contribution in [0, 0.1) is 17.3 Å². The average Bonchev–Trinajstić information content (AvgIpc) is 3.03. The Bertz CT molecular complexity index is 967. The van der Waals surface area contributed by atoms with E-state index in [-0.39, 0.29) is 11.2 Å². The Morgan fingerprint density at radius 2 is 2.00 bits per heavy atom. The summed E-state index contributed by atoms with van der Waals surface area (Å²) in [5, 5.41) is 12.6. The van der Waals surface area contributed by atoms with Crippen molar-refractivity contribution >= 4 is 11.5 Å². The highest BCUT2D eigenvalue weighted by Gasteiger charge is 2.57. The molecular weight excluding hydrogens is 362 g/mol. The number of aryl methyl sites for hydroxylation is 1. The number of oxime groups is 1. The van der Waals surface area contributed by atoms with Gasteiger partial charge in [0.2, 0.25) is 0 Å². The molecule has 5 rings (SSSR count). The van der Waals surface area contributed by atoms with E-state index in [1.54, 1.807) is 0 Å². The summed E-state index contributed by atoms with van der Waals surface area (Å²) in [5.41, 5.74) is 4.02. The fraction of sp³-hybridized carbons (Fsp3) is 0.440. The molecular formula is C25H27NO3. The molecule has 0 radical (unpaired) electrons. The molecule has 29 heavy (non-hydrogen) atoms. The molecule has 2 aromatic rings. The molecule has 3 aliphatic rings. The highest BCUT2D eigenvalue weighted by atomic mass is 16.5. The smallest absolute Gasteiger partial charge is 0.186 e. The van der Waals surface area contributed by atoms with Crippen LogP contribution < -0.4 is 4.74 Å². The van der Waals surface area contributed by atoms with Gasteiger partial charge < -0.3 is 9.94 Å². The summed E-state index contributed by atoms with van der Waals surface area (Å²) in [7, 11) is 0. The van der Waals surface area contributed by atoms with Crippen LogP contribution in [0.2, 0.25) is 0 Å². The number of ether oxygens (including phenoxy) is 1. The molecule has 4 atom stereocenters. The summed E-state index contributed by atoms with van der Waals surface area (Å²) in [6, 6.07) is 16.8. The maximum absolute atomic E-state index is 12.7. The second-order valence-corrected chi connectivity index (χ2v) is 9.09. The van der Waals surface area contributed by atoms with Gasteiger partial charge in [-0.2, -0.15) is 0 Å². The second-order valence-electron chi connectivity index (χ2n) is 9.09. The number of hydrogen-bond donors (Lipinski definition) is 1. The molecule has 0 amide bonds. The molecule has 0 unspecified atom stereocenters. The number of carbonyl (C=O) groups excluding carboxylic acids is 1. The monoisotopic (exact) mass is 389 g/mol. The first-order valence-electron chi connectivity index (χ1n) is 10.7. The number of carbonyl (C=O) groups is 1. The van der Waals surface area contributed by atoms with E-state index in [9.17, 15) is 10.0 Å². The van der Waals surface area contributed by atoms with E-state index in [1.807, 2.05) is 18.2 Å². The molecule has 2 fully saturated rings. The Morgan fingerprint density at radius 1 is 1.17 bits per heavy atom. The topological polar surface area (TPSA) is 58.9 Å². The minimum absolute atomic E-state index is 0.0684. The van der Waals surface area contributed by atoms with Crippen LogP contribution in [0.5, 0.6) is 5.75 Å². The van der Waals surface area contributed by atoms with Crippen molar-refractivity contribution in [1.82, 2.24) is 0 Å². The van der Waals surface area contributed by atoms with Crippen molar-refractivity contribution in [1.29, 1.82) is 0 Å². The van der Waals surface area contributed by atoms with E-state index in [2.05, 4.69) is 42.4 Å². The van der Waals surface area contributed by atoms with Crippen LogP contribution in [-0.4, -0.2) is 16.7 Å². The van der Waals surface area contributed by atoms with E-state index in [4.69, 9.17) is 4.74 Å². The average molecular weight is 389 g/mol. The van der Waals surface area contributed by atoms with Crippen LogP contribution in [-0.2, 0) is 17.8 Å². The summed E-state index contributed by atoms with van der Waals surface area (Å²) in [5.74, 6) is 2.27. The summed E-state index contributed by atoms with van der Waals surface area (Å²) >= 11 is 0. The van der Waals surface area contributed by atoms with Gasteiger partial charge in [0.15, 0.2) is 5.78 Å². The number of nitrogens with zero attached hydrogens (tertiary/aromatic N) is 1. The number of fused-ring (bicyclic) bond motifs is 5. The third-order valence-corrected chi connectivity index (χ3v) is 7.65. The SMILES string of the molecule is C[C@@]12CC[C@@H]3c4ccc(OCc5ccccc5)cc4CC[C@H]3[C@@H]1C/C(=N\O)C2=O. The van der Waals surface area contributed by atoms with Gasteiger partial charge in [-0.25, -0.2) is 0 Å². The number of Topliss-reactive ketones (excluding diaryl/α,β-unsaturated/α-hetero) is 1. The largest absolute Gasteiger partial charge is 0.489 e. The molecule has 0 heterocycles. The van der Waals surface area contributed by atoms with E-state index >= 15 is 0 Å². The predicted octanol–water partition coefficient (Wildman–Crippen LogP) is 5.13. The van der Waals surface area contributed by atoms with Crippen molar-refractivity contribution in [2.75, 3.05) is 0 Å². The third-order valence-electron chi connectivity index (χ3n) is 7.65. The quantitative estimate of drug-likeness (QED) is 0.585. The van der Waals surface area contributed by atoms with Crippen molar-refractivity contribution in [2.24, 2.45) is 22.4 Å². The number of hydrogen-bond acceptors (Lipinski definition) is 4. The highest BCUT2D eigenvalue weighted by molar-refractivity contribution is 6.43. The molecule has 0 bridgehead atoms. The Labute approximate surface area is 171 Å². The van der Waals surface area contributed by atoms with E-state index in [1.165, 1.54) is 16.7 Å². The lowest BCUT2D eigenvalue weighted by atomic mass is 9.55. The molecule has 0 saturated heterocycles. The first-order chi connectivity index (χ1) is 14.1. The zero-order valence-electron chi connectivity index (χ0n) is 16.8. The highest BCUT2D eigenvalue weighted by Crippen LogP contribution is 2.59.